The Bertz CT molecular complexity index is 585. The minimum Gasteiger partial charge on any atom is -0.322 e. The van der Waals surface area contributed by atoms with Crippen molar-refractivity contribution in [2.24, 2.45) is 11.7 Å². The fourth-order valence-corrected chi connectivity index (χ4v) is 1.86. The van der Waals surface area contributed by atoms with Crippen LogP contribution in [0.2, 0.25) is 0 Å². The number of hydrogen-bond acceptors (Lipinski definition) is 3. The SMILES string of the molecule is NC(Cn1cncn1)c1ccc(C#CC2CC2)cc1. The van der Waals surface area contributed by atoms with Crippen molar-refractivity contribution in [3.8, 4) is 11.8 Å². The van der Waals surface area contributed by atoms with E-state index in [9.17, 15) is 0 Å². The molecule has 1 unspecified atom stereocenters. The quantitative estimate of drug-likeness (QED) is 0.846. The normalized spacial score (nSPS) is 15.6. The fourth-order valence-electron chi connectivity index (χ4n) is 1.86. The summed E-state index contributed by atoms with van der Waals surface area (Å²) in [5, 5.41) is 4.06. The van der Waals surface area contributed by atoms with E-state index in [1.807, 2.05) is 24.3 Å². The van der Waals surface area contributed by atoms with Gasteiger partial charge in [-0.1, -0.05) is 24.0 Å². The zero-order valence-corrected chi connectivity index (χ0v) is 10.7. The van der Waals surface area contributed by atoms with Gasteiger partial charge in [-0.05, 0) is 30.5 Å². The number of nitrogens with zero attached hydrogens (tertiary/aromatic N) is 3. The zero-order valence-electron chi connectivity index (χ0n) is 10.7. The summed E-state index contributed by atoms with van der Waals surface area (Å²) in [7, 11) is 0. The molecule has 0 aliphatic heterocycles. The summed E-state index contributed by atoms with van der Waals surface area (Å²) in [6.45, 7) is 0.632. The van der Waals surface area contributed by atoms with Crippen molar-refractivity contribution >= 4 is 0 Å². The van der Waals surface area contributed by atoms with Gasteiger partial charge in [0, 0.05) is 17.5 Å². The first-order valence-electron chi connectivity index (χ1n) is 6.51. The molecule has 1 fully saturated rings. The lowest BCUT2D eigenvalue weighted by Gasteiger charge is -2.11. The van der Waals surface area contributed by atoms with Gasteiger partial charge in [0.25, 0.3) is 0 Å². The van der Waals surface area contributed by atoms with Crippen LogP contribution in [0.3, 0.4) is 0 Å². The van der Waals surface area contributed by atoms with Gasteiger partial charge in [0.05, 0.1) is 6.54 Å². The van der Waals surface area contributed by atoms with Crippen molar-refractivity contribution in [1.82, 2.24) is 14.8 Å². The van der Waals surface area contributed by atoms with Crippen LogP contribution in [-0.4, -0.2) is 14.8 Å². The Balaban J connectivity index is 1.66. The maximum absolute atomic E-state index is 6.14. The largest absolute Gasteiger partial charge is 0.322 e. The summed E-state index contributed by atoms with van der Waals surface area (Å²) in [5.41, 5.74) is 8.29. The Morgan fingerprint density at radius 1 is 1.32 bits per heavy atom. The summed E-state index contributed by atoms with van der Waals surface area (Å²) < 4.78 is 1.74. The van der Waals surface area contributed by atoms with Gasteiger partial charge in [-0.3, -0.25) is 4.68 Å². The second kappa shape index (κ2) is 5.25. The molecule has 0 bridgehead atoms. The van der Waals surface area contributed by atoms with Gasteiger partial charge in [-0.15, -0.1) is 0 Å². The molecule has 1 aliphatic carbocycles. The van der Waals surface area contributed by atoms with Crippen molar-refractivity contribution in [3.63, 3.8) is 0 Å². The second-order valence-electron chi connectivity index (χ2n) is 4.89. The molecule has 1 atom stereocenters. The van der Waals surface area contributed by atoms with Gasteiger partial charge < -0.3 is 5.73 Å². The van der Waals surface area contributed by atoms with Crippen molar-refractivity contribution in [2.45, 2.75) is 25.4 Å². The van der Waals surface area contributed by atoms with Crippen LogP contribution < -0.4 is 5.73 Å². The molecule has 4 nitrogen and oxygen atoms in total. The molecule has 96 valence electrons. The maximum Gasteiger partial charge on any atom is 0.137 e. The smallest absolute Gasteiger partial charge is 0.137 e. The summed E-state index contributed by atoms with van der Waals surface area (Å²) in [5.74, 6) is 7.09. The van der Waals surface area contributed by atoms with E-state index in [0.29, 0.717) is 12.5 Å². The summed E-state index contributed by atoms with van der Waals surface area (Å²) in [6.07, 6.45) is 5.71. The first-order valence-corrected chi connectivity index (χ1v) is 6.51. The van der Waals surface area contributed by atoms with Crippen molar-refractivity contribution in [1.29, 1.82) is 0 Å². The molecule has 0 amide bonds. The van der Waals surface area contributed by atoms with Crippen LogP contribution in [0.4, 0.5) is 0 Å². The summed E-state index contributed by atoms with van der Waals surface area (Å²) in [4.78, 5) is 3.91. The third-order valence-electron chi connectivity index (χ3n) is 3.19. The molecule has 0 spiro atoms. The molecule has 4 heteroatoms. The van der Waals surface area contributed by atoms with Crippen molar-refractivity contribution in [3.05, 3.63) is 48.0 Å². The van der Waals surface area contributed by atoms with E-state index in [1.165, 1.54) is 19.2 Å². The summed E-state index contributed by atoms with van der Waals surface area (Å²) in [6, 6.07) is 8.07. The van der Waals surface area contributed by atoms with E-state index < -0.39 is 0 Å². The molecule has 1 saturated carbocycles. The topological polar surface area (TPSA) is 56.7 Å². The molecule has 1 aromatic heterocycles. The average Bonchev–Trinajstić information content (AvgIpc) is 3.13. The Kier molecular flexibility index (Phi) is 3.30. The Hall–Kier alpha value is -2.12. The highest BCUT2D eigenvalue weighted by Gasteiger charge is 2.17. The van der Waals surface area contributed by atoms with Crippen LogP contribution in [0.15, 0.2) is 36.9 Å². The van der Waals surface area contributed by atoms with Gasteiger partial charge in [-0.2, -0.15) is 5.10 Å². The van der Waals surface area contributed by atoms with Crippen molar-refractivity contribution in [2.75, 3.05) is 0 Å². The van der Waals surface area contributed by atoms with Gasteiger partial charge >= 0.3 is 0 Å². The van der Waals surface area contributed by atoms with Crippen LogP contribution in [0.25, 0.3) is 0 Å². The molecule has 1 aliphatic rings. The summed E-state index contributed by atoms with van der Waals surface area (Å²) >= 11 is 0. The van der Waals surface area contributed by atoms with Crippen molar-refractivity contribution < 1.29 is 0 Å². The molecule has 2 aromatic rings. The van der Waals surface area contributed by atoms with Gasteiger partial charge in [0.1, 0.15) is 12.7 Å². The van der Waals surface area contributed by atoms with E-state index in [2.05, 4.69) is 21.9 Å². The number of aromatic nitrogens is 3. The third-order valence-corrected chi connectivity index (χ3v) is 3.19. The molecule has 0 saturated heterocycles. The molecule has 1 aromatic carbocycles. The van der Waals surface area contributed by atoms with Crippen LogP contribution in [0.5, 0.6) is 0 Å². The average molecular weight is 252 g/mol. The lowest BCUT2D eigenvalue weighted by molar-refractivity contribution is 0.526. The van der Waals surface area contributed by atoms with Crippen LogP contribution >= 0.6 is 0 Å². The van der Waals surface area contributed by atoms with Crippen LogP contribution in [0, 0.1) is 17.8 Å². The lowest BCUT2D eigenvalue weighted by Crippen LogP contribution is -2.17. The Morgan fingerprint density at radius 3 is 2.74 bits per heavy atom. The first-order chi connectivity index (χ1) is 9.31. The first kappa shape index (κ1) is 11.9. The van der Waals surface area contributed by atoms with Gasteiger partial charge in [0.2, 0.25) is 0 Å². The monoisotopic (exact) mass is 252 g/mol. The number of benzene rings is 1. The van der Waals surface area contributed by atoms with Crippen LogP contribution in [0.1, 0.15) is 30.0 Å². The minimum absolute atomic E-state index is 0.0767. The number of rotatable bonds is 3. The molecule has 1 heterocycles. The second-order valence-corrected chi connectivity index (χ2v) is 4.89. The predicted molar refractivity (Wildman–Crippen MR) is 73.0 cm³/mol. The lowest BCUT2D eigenvalue weighted by atomic mass is 10.1. The molecule has 3 rings (SSSR count). The fraction of sp³-hybridized carbons (Fsp3) is 0.333. The third kappa shape index (κ3) is 3.21. The molecule has 0 radical (unpaired) electrons. The maximum atomic E-state index is 6.14. The highest BCUT2D eigenvalue weighted by molar-refractivity contribution is 5.37. The zero-order chi connectivity index (χ0) is 13.1. The van der Waals surface area contributed by atoms with Crippen LogP contribution in [-0.2, 0) is 6.54 Å². The molecular weight excluding hydrogens is 236 g/mol. The Morgan fingerprint density at radius 2 is 2.11 bits per heavy atom. The minimum atomic E-state index is -0.0767. The molecule has 19 heavy (non-hydrogen) atoms. The van der Waals surface area contributed by atoms with Gasteiger partial charge in [-0.25, -0.2) is 4.98 Å². The van der Waals surface area contributed by atoms with E-state index in [1.54, 1.807) is 11.0 Å². The van der Waals surface area contributed by atoms with E-state index in [-0.39, 0.29) is 6.04 Å². The van der Waals surface area contributed by atoms with E-state index in [0.717, 1.165) is 11.1 Å². The highest BCUT2D eigenvalue weighted by atomic mass is 15.3. The number of hydrogen-bond donors (Lipinski definition) is 1. The standard InChI is InChI=1S/C15H16N4/c16-15(9-19-11-17-10-18-19)14-7-5-13(6-8-14)4-3-12-1-2-12/h5-8,10-12,15H,1-2,9,16H2. The number of nitrogens with two attached hydrogens (primary N) is 1. The Labute approximate surface area is 112 Å². The molecular formula is C15H16N4. The molecule has 2 N–H and O–H groups in total. The van der Waals surface area contributed by atoms with Gasteiger partial charge in [0.15, 0.2) is 0 Å². The van der Waals surface area contributed by atoms with E-state index in [4.69, 9.17) is 5.73 Å². The predicted octanol–water partition coefficient (Wildman–Crippen LogP) is 1.74. The van der Waals surface area contributed by atoms with E-state index >= 15 is 0 Å². The highest BCUT2D eigenvalue weighted by Crippen LogP contribution is 2.27.